The topological polar surface area (TPSA) is 54.2 Å². The van der Waals surface area contributed by atoms with Gasteiger partial charge in [-0.15, -0.1) is 0 Å². The summed E-state index contributed by atoms with van der Waals surface area (Å²) in [6.07, 6.45) is 3.61. The number of nitrogens with one attached hydrogen (secondary N) is 1. The van der Waals surface area contributed by atoms with Crippen molar-refractivity contribution in [1.29, 1.82) is 0 Å². The molecule has 0 radical (unpaired) electrons. The summed E-state index contributed by atoms with van der Waals surface area (Å²) in [4.78, 5) is 6.51. The first-order chi connectivity index (χ1) is 9.90. The van der Waals surface area contributed by atoms with Crippen LogP contribution in [0.3, 0.4) is 0 Å². The van der Waals surface area contributed by atoms with Crippen LogP contribution in [0.15, 0.2) is 41.2 Å². The van der Waals surface area contributed by atoms with Gasteiger partial charge in [-0.1, -0.05) is 35.5 Å². The van der Waals surface area contributed by atoms with Gasteiger partial charge in [0.1, 0.15) is 0 Å². The smallest absolute Gasteiger partial charge is 0.213 e. The molecule has 1 aromatic heterocycles. The third kappa shape index (κ3) is 3.65. The minimum atomic E-state index is 0.479. The van der Waals surface area contributed by atoms with E-state index >= 15 is 0 Å². The number of hydrogen-bond donors (Lipinski definition) is 1. The Labute approximate surface area is 119 Å². The van der Waals surface area contributed by atoms with E-state index in [9.17, 15) is 0 Å². The number of benzene rings is 1. The molecule has 0 aliphatic carbocycles. The van der Waals surface area contributed by atoms with Crippen LogP contribution in [0.5, 0.6) is 0 Å². The Morgan fingerprint density at radius 2 is 2.20 bits per heavy atom. The number of aromatic nitrogens is 2. The van der Waals surface area contributed by atoms with Gasteiger partial charge in [0, 0.05) is 12.6 Å². The second-order valence-electron chi connectivity index (χ2n) is 5.28. The van der Waals surface area contributed by atoms with Crippen molar-refractivity contribution in [3.8, 4) is 0 Å². The Morgan fingerprint density at radius 3 is 3.00 bits per heavy atom. The summed E-state index contributed by atoms with van der Waals surface area (Å²) < 4.78 is 4.81. The molecular weight excluding hydrogens is 252 g/mol. The summed E-state index contributed by atoms with van der Waals surface area (Å²) in [5, 5.41) is 7.54. The predicted molar refractivity (Wildman–Crippen MR) is 76.1 cm³/mol. The van der Waals surface area contributed by atoms with E-state index in [1.165, 1.54) is 12.0 Å². The van der Waals surface area contributed by atoms with Gasteiger partial charge < -0.3 is 9.84 Å². The molecule has 1 saturated heterocycles. The van der Waals surface area contributed by atoms with Crippen molar-refractivity contribution in [2.75, 3.05) is 19.6 Å². The molecular formula is C15H20N4O. The minimum Gasteiger partial charge on any atom is -0.343 e. The van der Waals surface area contributed by atoms with Crippen LogP contribution in [0.1, 0.15) is 17.8 Å². The number of rotatable bonds is 4. The van der Waals surface area contributed by atoms with E-state index in [2.05, 4.69) is 50.7 Å². The second-order valence-corrected chi connectivity index (χ2v) is 5.28. The van der Waals surface area contributed by atoms with E-state index in [1.54, 1.807) is 0 Å². The van der Waals surface area contributed by atoms with Crippen LogP contribution in [0.2, 0.25) is 0 Å². The highest BCUT2D eigenvalue weighted by Gasteiger charge is 2.19. The van der Waals surface area contributed by atoms with Crippen molar-refractivity contribution < 1.29 is 4.52 Å². The van der Waals surface area contributed by atoms with E-state index in [1.807, 2.05) is 0 Å². The van der Waals surface area contributed by atoms with E-state index in [0.717, 1.165) is 44.8 Å². The molecule has 1 N–H and O–H groups in total. The summed E-state index contributed by atoms with van der Waals surface area (Å²) in [6.45, 7) is 3.93. The maximum absolute atomic E-state index is 4.81. The molecule has 1 aliphatic rings. The van der Waals surface area contributed by atoms with Crippen LogP contribution < -0.4 is 5.32 Å². The van der Waals surface area contributed by atoms with Crippen molar-refractivity contribution in [3.63, 3.8) is 0 Å². The molecule has 1 aromatic carbocycles. The molecule has 1 unspecified atom stereocenters. The Kier molecular flexibility index (Phi) is 4.40. The van der Waals surface area contributed by atoms with Crippen LogP contribution in [0, 0.1) is 0 Å². The quantitative estimate of drug-likeness (QED) is 0.913. The molecule has 2 aromatic rings. The van der Waals surface area contributed by atoms with Crippen molar-refractivity contribution in [2.45, 2.75) is 25.4 Å². The molecule has 1 atom stereocenters. The largest absolute Gasteiger partial charge is 0.343 e. The highest BCUT2D eigenvalue weighted by Crippen LogP contribution is 2.09. The van der Waals surface area contributed by atoms with Gasteiger partial charge in [0.25, 0.3) is 0 Å². The van der Waals surface area contributed by atoms with Crippen LogP contribution in [-0.4, -0.2) is 40.7 Å². The normalized spacial score (nSPS) is 20.7. The zero-order valence-electron chi connectivity index (χ0n) is 11.5. The molecule has 106 valence electrons. The van der Waals surface area contributed by atoms with E-state index in [0.29, 0.717) is 6.04 Å². The van der Waals surface area contributed by atoms with Gasteiger partial charge in [-0.05, 0) is 31.5 Å². The van der Waals surface area contributed by atoms with Gasteiger partial charge in [-0.3, -0.25) is 4.90 Å². The van der Waals surface area contributed by atoms with Gasteiger partial charge in [0.15, 0.2) is 5.82 Å². The average molecular weight is 272 g/mol. The molecule has 5 nitrogen and oxygen atoms in total. The second kappa shape index (κ2) is 6.63. The average Bonchev–Trinajstić information content (AvgIpc) is 2.87. The zero-order valence-corrected chi connectivity index (χ0v) is 11.5. The maximum atomic E-state index is 4.81. The lowest BCUT2D eigenvalue weighted by atomic mass is 10.1. The first kappa shape index (κ1) is 13.3. The molecule has 0 spiro atoms. The van der Waals surface area contributed by atoms with E-state index in [-0.39, 0.29) is 0 Å². The lowest BCUT2D eigenvalue weighted by molar-refractivity contribution is 0.248. The summed E-state index contributed by atoms with van der Waals surface area (Å²) in [6, 6.07) is 11.1. The van der Waals surface area contributed by atoms with Crippen LogP contribution in [0.25, 0.3) is 0 Å². The first-order valence-corrected chi connectivity index (χ1v) is 7.15. The number of hydrogen-bond acceptors (Lipinski definition) is 5. The maximum Gasteiger partial charge on any atom is 0.213 e. The van der Waals surface area contributed by atoms with Crippen molar-refractivity contribution >= 4 is 0 Å². The fraction of sp³-hybridized carbons (Fsp3) is 0.467. The highest BCUT2D eigenvalue weighted by molar-refractivity contribution is 5.16. The van der Waals surface area contributed by atoms with Crippen LogP contribution in [0.4, 0.5) is 0 Å². The molecule has 1 fully saturated rings. The van der Waals surface area contributed by atoms with Gasteiger partial charge in [-0.25, -0.2) is 0 Å². The van der Waals surface area contributed by atoms with Crippen molar-refractivity contribution in [3.05, 3.63) is 48.1 Å². The molecule has 3 rings (SSSR count). The van der Waals surface area contributed by atoms with Crippen LogP contribution in [-0.2, 0) is 13.0 Å². The van der Waals surface area contributed by atoms with Crippen molar-refractivity contribution in [1.82, 2.24) is 20.4 Å². The summed E-state index contributed by atoms with van der Waals surface area (Å²) in [5.41, 5.74) is 1.38. The van der Waals surface area contributed by atoms with Gasteiger partial charge >= 0.3 is 0 Å². The molecule has 1 aliphatic heterocycles. The molecule has 5 heteroatoms. The lowest BCUT2D eigenvalue weighted by Gasteiger charge is -2.23. The Hall–Kier alpha value is -1.72. The first-order valence-electron chi connectivity index (χ1n) is 7.15. The van der Waals surface area contributed by atoms with Gasteiger partial charge in [-0.2, -0.15) is 4.98 Å². The van der Waals surface area contributed by atoms with E-state index < -0.39 is 0 Å². The Bertz CT molecular complexity index is 500. The number of nitrogens with zero attached hydrogens (tertiary/aromatic N) is 3. The summed E-state index contributed by atoms with van der Waals surface area (Å²) in [5.74, 6) is 0.769. The third-order valence-electron chi connectivity index (χ3n) is 3.66. The fourth-order valence-corrected chi connectivity index (χ4v) is 2.72. The van der Waals surface area contributed by atoms with E-state index in [4.69, 9.17) is 4.52 Å². The van der Waals surface area contributed by atoms with Crippen molar-refractivity contribution in [2.24, 2.45) is 0 Å². The molecule has 20 heavy (non-hydrogen) atoms. The fourth-order valence-electron chi connectivity index (χ4n) is 2.72. The van der Waals surface area contributed by atoms with Crippen LogP contribution >= 0.6 is 0 Å². The Morgan fingerprint density at radius 1 is 1.30 bits per heavy atom. The molecule has 0 saturated carbocycles. The lowest BCUT2D eigenvalue weighted by Crippen LogP contribution is -2.39. The SMILES string of the molecule is c1ccc(CC2CN(Cc3ncon3)CCCN2)cc1. The standard InChI is InChI=1S/C15H20N4O/c1-2-5-13(6-3-1)9-14-10-19(8-4-7-16-14)11-15-17-12-20-18-15/h1-3,5-6,12,14,16H,4,7-11H2. The monoisotopic (exact) mass is 272 g/mol. The minimum absolute atomic E-state index is 0.479. The summed E-state index contributed by atoms with van der Waals surface area (Å²) >= 11 is 0. The molecule has 2 heterocycles. The highest BCUT2D eigenvalue weighted by atomic mass is 16.5. The predicted octanol–water partition coefficient (Wildman–Crippen LogP) is 1.48. The molecule has 0 amide bonds. The van der Waals surface area contributed by atoms with Gasteiger partial charge in [0.05, 0.1) is 6.54 Å². The van der Waals surface area contributed by atoms with Gasteiger partial charge in [0.2, 0.25) is 6.39 Å². The Balaban J connectivity index is 1.60. The summed E-state index contributed by atoms with van der Waals surface area (Å²) in [7, 11) is 0. The molecule has 0 bridgehead atoms. The zero-order chi connectivity index (χ0) is 13.6. The third-order valence-corrected chi connectivity index (χ3v) is 3.66.